The lowest BCUT2D eigenvalue weighted by atomic mass is 9.89. The molecule has 0 unspecified atom stereocenters. The molecule has 1 amide bonds. The van der Waals surface area contributed by atoms with Gasteiger partial charge in [-0.25, -0.2) is 0 Å². The smallest absolute Gasteiger partial charge is 0.308 e. The van der Waals surface area contributed by atoms with Gasteiger partial charge in [0.15, 0.2) is 0 Å². The Morgan fingerprint density at radius 3 is 2.30 bits per heavy atom. The van der Waals surface area contributed by atoms with Gasteiger partial charge < -0.3 is 19.5 Å². The Balaban J connectivity index is 1.87. The van der Waals surface area contributed by atoms with Crippen molar-refractivity contribution in [2.75, 3.05) is 13.7 Å². The highest BCUT2D eigenvalue weighted by molar-refractivity contribution is 5.82. The van der Waals surface area contributed by atoms with Crippen LogP contribution in [0.5, 0.6) is 5.75 Å². The molecule has 1 aromatic rings. The van der Waals surface area contributed by atoms with Gasteiger partial charge in [-0.1, -0.05) is 19.1 Å². The molecule has 1 aliphatic carbocycles. The fraction of sp³-hybridized carbons (Fsp3) is 0.609. The summed E-state index contributed by atoms with van der Waals surface area (Å²) in [6.07, 6.45) is 3.91. The molecule has 0 saturated heterocycles. The summed E-state index contributed by atoms with van der Waals surface area (Å²) >= 11 is 0. The normalized spacial score (nSPS) is 19.4. The zero-order valence-corrected chi connectivity index (χ0v) is 18.1. The Morgan fingerprint density at radius 1 is 1.03 bits per heavy atom. The van der Waals surface area contributed by atoms with Crippen LogP contribution in [0.15, 0.2) is 24.3 Å². The topological polar surface area (TPSA) is 90.9 Å². The van der Waals surface area contributed by atoms with E-state index in [4.69, 9.17) is 14.2 Å². The van der Waals surface area contributed by atoms with Gasteiger partial charge in [0.1, 0.15) is 11.9 Å². The van der Waals surface area contributed by atoms with Crippen molar-refractivity contribution in [1.29, 1.82) is 0 Å². The summed E-state index contributed by atoms with van der Waals surface area (Å²) in [7, 11) is 1.57. The van der Waals surface area contributed by atoms with Crippen molar-refractivity contribution in [1.82, 2.24) is 5.32 Å². The molecule has 1 aromatic carbocycles. The molecule has 0 aromatic heterocycles. The summed E-state index contributed by atoms with van der Waals surface area (Å²) in [5.41, 5.74) is 0.760. The molecule has 30 heavy (non-hydrogen) atoms. The van der Waals surface area contributed by atoms with E-state index in [1.54, 1.807) is 38.3 Å². The average Bonchev–Trinajstić information content (AvgIpc) is 2.74. The second-order valence-corrected chi connectivity index (χ2v) is 7.77. The van der Waals surface area contributed by atoms with Crippen molar-refractivity contribution in [2.45, 2.75) is 70.9 Å². The summed E-state index contributed by atoms with van der Waals surface area (Å²) in [5, 5.41) is 2.84. The zero-order chi connectivity index (χ0) is 21.9. The molecular weight excluding hydrogens is 386 g/mol. The molecule has 7 nitrogen and oxygen atoms in total. The summed E-state index contributed by atoms with van der Waals surface area (Å²) in [6.45, 7) is 4.21. The van der Waals surface area contributed by atoms with Gasteiger partial charge >= 0.3 is 11.9 Å². The van der Waals surface area contributed by atoms with Gasteiger partial charge in [0.2, 0.25) is 5.91 Å². The predicted octanol–water partition coefficient (Wildman–Crippen LogP) is 3.71. The molecular formula is C23H33NO6. The molecule has 2 rings (SSSR count). The quantitative estimate of drug-likeness (QED) is 0.582. The molecule has 0 spiro atoms. The predicted molar refractivity (Wildman–Crippen MR) is 112 cm³/mol. The SMILES string of the molecule is CCOC(=O)C[C@@H](NC(=O)CCC(=O)OC1CCC(C)CC1)c1ccc(OC)cc1. The van der Waals surface area contributed by atoms with Crippen molar-refractivity contribution in [3.8, 4) is 5.75 Å². The summed E-state index contributed by atoms with van der Waals surface area (Å²) in [5.74, 6) is 0.301. The van der Waals surface area contributed by atoms with Crippen LogP contribution in [0.3, 0.4) is 0 Å². The number of hydrogen-bond donors (Lipinski definition) is 1. The van der Waals surface area contributed by atoms with Gasteiger partial charge in [0.25, 0.3) is 0 Å². The van der Waals surface area contributed by atoms with Crippen LogP contribution in [-0.4, -0.2) is 37.7 Å². The lowest BCUT2D eigenvalue weighted by Gasteiger charge is -2.26. The third-order valence-corrected chi connectivity index (χ3v) is 5.35. The van der Waals surface area contributed by atoms with E-state index in [1.807, 2.05) is 0 Å². The molecule has 166 valence electrons. The Kier molecular flexibility index (Phi) is 9.64. The molecule has 1 fully saturated rings. The van der Waals surface area contributed by atoms with Gasteiger partial charge in [-0.3, -0.25) is 14.4 Å². The summed E-state index contributed by atoms with van der Waals surface area (Å²) < 4.78 is 15.7. The number of esters is 2. The Bertz CT molecular complexity index is 694. The summed E-state index contributed by atoms with van der Waals surface area (Å²) in [4.78, 5) is 36.5. The lowest BCUT2D eigenvalue weighted by Crippen LogP contribution is -2.31. The van der Waals surface area contributed by atoms with Crippen LogP contribution >= 0.6 is 0 Å². The molecule has 1 N–H and O–H groups in total. The number of benzene rings is 1. The minimum Gasteiger partial charge on any atom is -0.497 e. The van der Waals surface area contributed by atoms with E-state index in [2.05, 4.69) is 12.2 Å². The summed E-state index contributed by atoms with van der Waals surface area (Å²) in [6, 6.07) is 6.57. The van der Waals surface area contributed by atoms with Crippen LogP contribution in [-0.2, 0) is 23.9 Å². The minimum atomic E-state index is -0.543. The first-order valence-corrected chi connectivity index (χ1v) is 10.7. The standard InChI is InChI=1S/C23H33NO6/c1-4-29-23(27)15-20(17-7-11-18(28-3)12-8-17)24-21(25)13-14-22(26)30-19-9-5-16(2)6-10-19/h7-8,11-12,16,19-20H,4-6,9-10,13-15H2,1-3H3,(H,24,25)/t16?,19?,20-/m1/s1. The molecule has 1 atom stereocenters. The number of rotatable bonds is 10. The highest BCUT2D eigenvalue weighted by Crippen LogP contribution is 2.26. The number of nitrogens with one attached hydrogen (secondary N) is 1. The number of carbonyl (C=O) groups is 3. The maximum atomic E-state index is 12.4. The van der Waals surface area contributed by atoms with Crippen LogP contribution < -0.4 is 10.1 Å². The third-order valence-electron chi connectivity index (χ3n) is 5.35. The fourth-order valence-electron chi connectivity index (χ4n) is 3.55. The number of hydrogen-bond acceptors (Lipinski definition) is 6. The Morgan fingerprint density at radius 2 is 1.70 bits per heavy atom. The monoisotopic (exact) mass is 419 g/mol. The first-order chi connectivity index (χ1) is 14.4. The first kappa shape index (κ1) is 23.7. The molecule has 0 bridgehead atoms. The van der Waals surface area contributed by atoms with Gasteiger partial charge in [-0.15, -0.1) is 0 Å². The van der Waals surface area contributed by atoms with E-state index in [1.165, 1.54) is 0 Å². The van der Waals surface area contributed by atoms with Gasteiger partial charge in [-0.2, -0.15) is 0 Å². The number of ether oxygens (including phenoxy) is 3. The zero-order valence-electron chi connectivity index (χ0n) is 18.1. The minimum absolute atomic E-state index is 0.0105. The van der Waals surface area contributed by atoms with Crippen molar-refractivity contribution in [3.63, 3.8) is 0 Å². The third kappa shape index (κ3) is 8.05. The Labute approximate surface area is 178 Å². The molecule has 7 heteroatoms. The maximum absolute atomic E-state index is 12.4. The van der Waals surface area contributed by atoms with E-state index < -0.39 is 12.0 Å². The molecule has 0 aliphatic heterocycles. The number of carbonyl (C=O) groups excluding carboxylic acids is 3. The van der Waals surface area contributed by atoms with Crippen LogP contribution in [0.2, 0.25) is 0 Å². The highest BCUT2D eigenvalue weighted by atomic mass is 16.5. The van der Waals surface area contributed by atoms with E-state index in [0.717, 1.165) is 31.2 Å². The molecule has 0 heterocycles. The van der Waals surface area contributed by atoms with E-state index in [-0.39, 0.29) is 43.8 Å². The van der Waals surface area contributed by atoms with Crippen LogP contribution in [0.4, 0.5) is 0 Å². The second kappa shape index (κ2) is 12.2. The second-order valence-electron chi connectivity index (χ2n) is 7.77. The van der Waals surface area contributed by atoms with Crippen molar-refractivity contribution in [2.24, 2.45) is 5.92 Å². The maximum Gasteiger partial charge on any atom is 0.308 e. The largest absolute Gasteiger partial charge is 0.497 e. The first-order valence-electron chi connectivity index (χ1n) is 10.7. The molecule has 1 saturated carbocycles. The van der Waals surface area contributed by atoms with Crippen LogP contribution in [0, 0.1) is 5.92 Å². The van der Waals surface area contributed by atoms with Gasteiger partial charge in [0.05, 0.1) is 32.6 Å². The van der Waals surface area contributed by atoms with Gasteiger partial charge in [-0.05, 0) is 56.2 Å². The molecule has 1 aliphatic rings. The van der Waals surface area contributed by atoms with E-state index in [0.29, 0.717) is 11.7 Å². The highest BCUT2D eigenvalue weighted by Gasteiger charge is 2.23. The van der Waals surface area contributed by atoms with Gasteiger partial charge in [0, 0.05) is 6.42 Å². The van der Waals surface area contributed by atoms with Crippen LogP contribution in [0.25, 0.3) is 0 Å². The fourth-order valence-corrected chi connectivity index (χ4v) is 3.55. The van der Waals surface area contributed by atoms with Crippen molar-refractivity contribution < 1.29 is 28.6 Å². The average molecular weight is 420 g/mol. The lowest BCUT2D eigenvalue weighted by molar-refractivity contribution is -0.152. The number of amides is 1. The molecule has 0 radical (unpaired) electrons. The van der Waals surface area contributed by atoms with Crippen LogP contribution in [0.1, 0.15) is 70.4 Å². The number of methoxy groups -OCH3 is 1. The van der Waals surface area contributed by atoms with E-state index in [9.17, 15) is 14.4 Å². The van der Waals surface area contributed by atoms with Crippen molar-refractivity contribution in [3.05, 3.63) is 29.8 Å². The van der Waals surface area contributed by atoms with Crippen molar-refractivity contribution >= 4 is 17.8 Å². The van der Waals surface area contributed by atoms with E-state index >= 15 is 0 Å². The Hall–Kier alpha value is -2.57.